The van der Waals surface area contributed by atoms with Gasteiger partial charge in [-0.3, -0.25) is 11.3 Å². The highest BCUT2D eigenvalue weighted by Gasteiger charge is 2.11. The largest absolute Gasteiger partial charge is 0.271 e. The smallest absolute Gasteiger partial charge is 0.0462 e. The van der Waals surface area contributed by atoms with Gasteiger partial charge < -0.3 is 0 Å². The van der Waals surface area contributed by atoms with Crippen molar-refractivity contribution in [2.45, 2.75) is 77.7 Å². The third-order valence-corrected chi connectivity index (χ3v) is 4.39. The number of nitrogens with two attached hydrogens (primary N) is 1. The molecule has 0 aliphatic heterocycles. The zero-order valence-electron chi connectivity index (χ0n) is 13.6. The summed E-state index contributed by atoms with van der Waals surface area (Å²) in [5.74, 6) is 5.72. The van der Waals surface area contributed by atoms with Crippen molar-refractivity contribution in [2.24, 2.45) is 5.84 Å². The first-order valence-corrected chi connectivity index (χ1v) is 8.79. The van der Waals surface area contributed by atoms with Gasteiger partial charge in [-0.05, 0) is 36.6 Å². The first kappa shape index (κ1) is 18.5. The van der Waals surface area contributed by atoms with E-state index in [1.54, 1.807) is 0 Å². The lowest BCUT2D eigenvalue weighted by molar-refractivity contribution is 0.473. The van der Waals surface area contributed by atoms with Crippen LogP contribution < -0.4 is 11.3 Å². The summed E-state index contributed by atoms with van der Waals surface area (Å²) < 4.78 is 0. The second-order valence-corrected chi connectivity index (χ2v) is 6.42. The quantitative estimate of drug-likeness (QED) is 0.313. The van der Waals surface area contributed by atoms with Gasteiger partial charge in [0.15, 0.2) is 0 Å². The fourth-order valence-corrected chi connectivity index (χ4v) is 3.07. The lowest BCUT2D eigenvalue weighted by Crippen LogP contribution is -2.28. The minimum atomic E-state index is 0.238. The Morgan fingerprint density at radius 2 is 1.67 bits per heavy atom. The molecule has 0 saturated heterocycles. The highest BCUT2D eigenvalue weighted by atomic mass is 35.5. The van der Waals surface area contributed by atoms with Crippen LogP contribution in [-0.2, 0) is 0 Å². The SMILES string of the molecule is CCCCCCCCCCC(NN)c1ccc(Cl)cc1C. The molecule has 2 nitrogen and oxygen atoms in total. The third-order valence-electron chi connectivity index (χ3n) is 4.15. The van der Waals surface area contributed by atoms with E-state index in [0.29, 0.717) is 0 Å². The molecular formula is C18H31ClN2. The molecule has 0 aromatic heterocycles. The van der Waals surface area contributed by atoms with Crippen LogP contribution in [0.25, 0.3) is 0 Å². The molecule has 0 bridgehead atoms. The summed E-state index contributed by atoms with van der Waals surface area (Å²) in [4.78, 5) is 0. The van der Waals surface area contributed by atoms with Gasteiger partial charge in [0, 0.05) is 11.1 Å². The van der Waals surface area contributed by atoms with Crippen LogP contribution in [0.2, 0.25) is 5.02 Å². The first-order chi connectivity index (χ1) is 10.2. The number of nitrogens with one attached hydrogen (secondary N) is 1. The van der Waals surface area contributed by atoms with Crippen molar-refractivity contribution in [3.05, 3.63) is 34.3 Å². The summed E-state index contributed by atoms with van der Waals surface area (Å²) in [7, 11) is 0. The number of unbranched alkanes of at least 4 members (excludes halogenated alkanes) is 7. The van der Waals surface area contributed by atoms with Crippen LogP contribution in [-0.4, -0.2) is 0 Å². The van der Waals surface area contributed by atoms with E-state index in [1.807, 2.05) is 12.1 Å². The molecule has 1 rings (SSSR count). The molecule has 0 fully saturated rings. The van der Waals surface area contributed by atoms with Crippen molar-refractivity contribution in [3.8, 4) is 0 Å². The van der Waals surface area contributed by atoms with Crippen molar-refractivity contribution < 1.29 is 0 Å². The zero-order valence-corrected chi connectivity index (χ0v) is 14.4. The van der Waals surface area contributed by atoms with Gasteiger partial charge in [0.2, 0.25) is 0 Å². The van der Waals surface area contributed by atoms with Gasteiger partial charge >= 0.3 is 0 Å². The van der Waals surface area contributed by atoms with Crippen molar-refractivity contribution in [1.82, 2.24) is 5.43 Å². The molecule has 0 saturated carbocycles. The van der Waals surface area contributed by atoms with Crippen molar-refractivity contribution >= 4 is 11.6 Å². The molecular weight excluding hydrogens is 280 g/mol. The number of hydrogen-bond donors (Lipinski definition) is 2. The number of rotatable bonds is 11. The van der Waals surface area contributed by atoms with E-state index in [2.05, 4.69) is 25.3 Å². The van der Waals surface area contributed by atoms with Crippen LogP contribution >= 0.6 is 11.6 Å². The van der Waals surface area contributed by atoms with E-state index in [0.717, 1.165) is 11.4 Å². The number of hydrogen-bond acceptors (Lipinski definition) is 2. The van der Waals surface area contributed by atoms with Gasteiger partial charge in [0.05, 0.1) is 0 Å². The van der Waals surface area contributed by atoms with E-state index < -0.39 is 0 Å². The van der Waals surface area contributed by atoms with E-state index in [-0.39, 0.29) is 6.04 Å². The Hall–Kier alpha value is -0.570. The molecule has 0 aliphatic carbocycles. The van der Waals surface area contributed by atoms with Crippen molar-refractivity contribution in [2.75, 3.05) is 0 Å². The predicted molar refractivity (Wildman–Crippen MR) is 93.5 cm³/mol. The normalized spacial score (nSPS) is 12.6. The Balaban J connectivity index is 2.25. The third kappa shape index (κ3) is 7.30. The molecule has 0 heterocycles. The lowest BCUT2D eigenvalue weighted by Gasteiger charge is -2.18. The van der Waals surface area contributed by atoms with Gasteiger partial charge in [-0.15, -0.1) is 0 Å². The topological polar surface area (TPSA) is 38.0 Å². The Morgan fingerprint density at radius 3 is 2.24 bits per heavy atom. The maximum absolute atomic E-state index is 6.01. The molecule has 21 heavy (non-hydrogen) atoms. The number of hydrazine groups is 1. The first-order valence-electron chi connectivity index (χ1n) is 8.41. The fraction of sp³-hybridized carbons (Fsp3) is 0.667. The van der Waals surface area contributed by atoms with Crippen LogP contribution in [0.1, 0.15) is 81.9 Å². The van der Waals surface area contributed by atoms with Crippen LogP contribution in [0.3, 0.4) is 0 Å². The maximum atomic E-state index is 6.01. The molecule has 0 aliphatic rings. The summed E-state index contributed by atoms with van der Waals surface area (Å²) in [6.07, 6.45) is 11.8. The van der Waals surface area contributed by atoms with Gasteiger partial charge in [-0.2, -0.15) is 0 Å². The number of benzene rings is 1. The van der Waals surface area contributed by atoms with Crippen LogP contribution in [0.4, 0.5) is 0 Å². The Kier molecular flexibility index (Phi) is 9.73. The number of halogens is 1. The minimum absolute atomic E-state index is 0.238. The summed E-state index contributed by atoms with van der Waals surface area (Å²) in [6, 6.07) is 6.28. The Morgan fingerprint density at radius 1 is 1.05 bits per heavy atom. The number of aryl methyl sites for hydroxylation is 1. The molecule has 0 spiro atoms. The second-order valence-electron chi connectivity index (χ2n) is 5.98. The van der Waals surface area contributed by atoms with Gasteiger partial charge in [0.25, 0.3) is 0 Å². The molecule has 0 radical (unpaired) electrons. The molecule has 3 heteroatoms. The summed E-state index contributed by atoms with van der Waals surface area (Å²) in [5.41, 5.74) is 5.44. The molecule has 0 amide bonds. The summed E-state index contributed by atoms with van der Waals surface area (Å²) >= 11 is 6.01. The average molecular weight is 311 g/mol. The molecule has 1 unspecified atom stereocenters. The summed E-state index contributed by atoms with van der Waals surface area (Å²) in [6.45, 7) is 4.36. The van der Waals surface area contributed by atoms with E-state index in [4.69, 9.17) is 17.4 Å². The monoisotopic (exact) mass is 310 g/mol. The van der Waals surface area contributed by atoms with Gasteiger partial charge in [-0.25, -0.2) is 0 Å². The average Bonchev–Trinajstić information content (AvgIpc) is 2.47. The Bertz CT molecular complexity index is 393. The van der Waals surface area contributed by atoms with E-state index in [1.165, 1.54) is 62.5 Å². The predicted octanol–water partition coefficient (Wildman–Crippen LogP) is 5.68. The molecule has 120 valence electrons. The minimum Gasteiger partial charge on any atom is -0.271 e. The molecule has 1 aromatic carbocycles. The van der Waals surface area contributed by atoms with Crippen LogP contribution in [0.15, 0.2) is 18.2 Å². The molecule has 1 aromatic rings. The molecule has 3 N–H and O–H groups in total. The highest BCUT2D eigenvalue weighted by Crippen LogP contribution is 2.25. The maximum Gasteiger partial charge on any atom is 0.0462 e. The van der Waals surface area contributed by atoms with E-state index in [9.17, 15) is 0 Å². The van der Waals surface area contributed by atoms with Crippen molar-refractivity contribution in [3.63, 3.8) is 0 Å². The van der Waals surface area contributed by atoms with Crippen LogP contribution in [0, 0.1) is 6.92 Å². The standard InChI is InChI=1S/C18H31ClN2/c1-3-4-5-6-7-8-9-10-11-18(21-20)17-13-12-16(19)14-15(17)2/h12-14,18,21H,3-11,20H2,1-2H3. The van der Waals surface area contributed by atoms with E-state index >= 15 is 0 Å². The van der Waals surface area contributed by atoms with Crippen LogP contribution in [0.5, 0.6) is 0 Å². The Labute approximate surface area is 135 Å². The van der Waals surface area contributed by atoms with Crippen molar-refractivity contribution in [1.29, 1.82) is 0 Å². The summed E-state index contributed by atoms with van der Waals surface area (Å²) in [5, 5.41) is 0.791. The molecule has 1 atom stereocenters. The zero-order chi connectivity index (χ0) is 15.5. The second kappa shape index (κ2) is 11.1. The lowest BCUT2D eigenvalue weighted by atomic mass is 9.96. The fourth-order valence-electron chi connectivity index (χ4n) is 2.84. The highest BCUT2D eigenvalue weighted by molar-refractivity contribution is 6.30. The van der Waals surface area contributed by atoms with Gasteiger partial charge in [0.1, 0.15) is 0 Å². The van der Waals surface area contributed by atoms with Gasteiger partial charge in [-0.1, -0.05) is 76.0 Å².